The zero-order valence-electron chi connectivity index (χ0n) is 9.83. The van der Waals surface area contributed by atoms with Gasteiger partial charge in [-0.2, -0.15) is 0 Å². The van der Waals surface area contributed by atoms with E-state index in [9.17, 15) is 4.79 Å². The van der Waals surface area contributed by atoms with Crippen molar-refractivity contribution in [2.75, 3.05) is 5.32 Å². The number of hydrogen-bond acceptors (Lipinski definition) is 3. The van der Waals surface area contributed by atoms with Gasteiger partial charge in [0, 0.05) is 5.54 Å². The first-order chi connectivity index (χ1) is 8.21. The molecule has 0 unspecified atom stereocenters. The molecule has 0 spiro atoms. The molecule has 0 aliphatic heterocycles. The fourth-order valence-corrected chi connectivity index (χ4v) is 4.84. The molecular weight excluding hydrogens is 216 g/mol. The van der Waals surface area contributed by atoms with Crippen LogP contribution in [0.25, 0.3) is 0 Å². The largest absolute Gasteiger partial charge is 0.349 e. The molecule has 4 aliphatic carbocycles. The minimum atomic E-state index is -0.225. The maximum Gasteiger partial charge on any atom is 0.342 e. The second kappa shape index (κ2) is 3.15. The van der Waals surface area contributed by atoms with Gasteiger partial charge in [-0.1, -0.05) is 0 Å². The predicted molar refractivity (Wildman–Crippen MR) is 63.7 cm³/mol. The Morgan fingerprint density at radius 3 is 2.18 bits per heavy atom. The van der Waals surface area contributed by atoms with Crippen molar-refractivity contribution in [3.63, 3.8) is 0 Å². The third kappa shape index (κ3) is 1.51. The molecule has 0 aromatic carbocycles. The molecule has 0 radical (unpaired) electrons. The average Bonchev–Trinajstić information content (AvgIpc) is 2.60. The minimum Gasteiger partial charge on any atom is -0.349 e. The molecule has 4 saturated carbocycles. The Balaban J connectivity index is 1.62. The summed E-state index contributed by atoms with van der Waals surface area (Å²) in [6.45, 7) is 0. The van der Waals surface area contributed by atoms with Gasteiger partial charge in [0.1, 0.15) is 0 Å². The summed E-state index contributed by atoms with van der Waals surface area (Å²) in [5.74, 6) is 3.33. The van der Waals surface area contributed by atoms with Gasteiger partial charge in [0.25, 0.3) is 0 Å². The first-order valence-corrected chi connectivity index (χ1v) is 6.64. The van der Waals surface area contributed by atoms with Crippen LogP contribution in [0.4, 0.5) is 5.95 Å². The predicted octanol–water partition coefficient (Wildman–Crippen LogP) is 1.48. The molecule has 1 heterocycles. The second-order valence-electron chi connectivity index (χ2n) is 6.35. The normalized spacial score (nSPS) is 42.9. The number of aromatic nitrogens is 3. The van der Waals surface area contributed by atoms with Crippen LogP contribution in [0.15, 0.2) is 4.79 Å². The summed E-state index contributed by atoms with van der Waals surface area (Å²) in [6, 6.07) is 0. The molecule has 92 valence electrons. The Kier molecular flexibility index (Phi) is 1.80. The summed E-state index contributed by atoms with van der Waals surface area (Å²) >= 11 is 0. The lowest BCUT2D eigenvalue weighted by atomic mass is 9.53. The molecular formula is C12H18N4O. The summed E-state index contributed by atoms with van der Waals surface area (Å²) < 4.78 is 0. The molecule has 1 aromatic heterocycles. The van der Waals surface area contributed by atoms with Crippen molar-refractivity contribution in [1.29, 1.82) is 0 Å². The van der Waals surface area contributed by atoms with Crippen molar-refractivity contribution in [3.8, 4) is 0 Å². The van der Waals surface area contributed by atoms with Crippen LogP contribution >= 0.6 is 0 Å². The average molecular weight is 234 g/mol. The zero-order chi connectivity index (χ0) is 11.5. The van der Waals surface area contributed by atoms with E-state index in [4.69, 9.17) is 0 Å². The fraction of sp³-hybridized carbons (Fsp3) is 0.833. The van der Waals surface area contributed by atoms with Gasteiger partial charge in [-0.15, -0.1) is 5.10 Å². The van der Waals surface area contributed by atoms with Crippen LogP contribution in [0.3, 0.4) is 0 Å². The number of rotatable bonds is 2. The van der Waals surface area contributed by atoms with E-state index in [0.717, 1.165) is 17.8 Å². The van der Waals surface area contributed by atoms with Gasteiger partial charge in [-0.25, -0.2) is 9.89 Å². The molecule has 5 nitrogen and oxygen atoms in total. The number of nitrogens with one attached hydrogen (secondary N) is 3. The lowest BCUT2D eigenvalue weighted by Gasteiger charge is -2.56. The summed E-state index contributed by atoms with van der Waals surface area (Å²) in [6.07, 6.45) is 8.06. The Morgan fingerprint density at radius 2 is 1.71 bits per heavy atom. The van der Waals surface area contributed by atoms with Gasteiger partial charge in [-0.05, 0) is 56.3 Å². The van der Waals surface area contributed by atoms with E-state index in [-0.39, 0.29) is 11.2 Å². The Morgan fingerprint density at radius 1 is 1.12 bits per heavy atom. The van der Waals surface area contributed by atoms with Crippen LogP contribution in [0.5, 0.6) is 0 Å². The van der Waals surface area contributed by atoms with E-state index in [1.54, 1.807) is 0 Å². The molecule has 0 saturated heterocycles. The number of aromatic amines is 2. The molecule has 17 heavy (non-hydrogen) atoms. The quantitative estimate of drug-likeness (QED) is 0.725. The van der Waals surface area contributed by atoms with Crippen molar-refractivity contribution in [2.45, 2.75) is 44.1 Å². The highest BCUT2D eigenvalue weighted by atomic mass is 16.1. The third-order valence-corrected chi connectivity index (χ3v) is 4.92. The van der Waals surface area contributed by atoms with Crippen molar-refractivity contribution < 1.29 is 0 Å². The monoisotopic (exact) mass is 234 g/mol. The van der Waals surface area contributed by atoms with Gasteiger partial charge in [0.15, 0.2) is 0 Å². The first-order valence-electron chi connectivity index (χ1n) is 6.64. The fourth-order valence-electron chi connectivity index (χ4n) is 4.84. The number of hydrogen-bond donors (Lipinski definition) is 3. The third-order valence-electron chi connectivity index (χ3n) is 4.92. The Bertz CT molecular complexity index is 453. The van der Waals surface area contributed by atoms with Crippen molar-refractivity contribution >= 4 is 5.95 Å². The Hall–Kier alpha value is -1.26. The molecule has 0 amide bonds. The van der Waals surface area contributed by atoms with E-state index in [1.807, 2.05) is 0 Å². The maximum atomic E-state index is 11.1. The van der Waals surface area contributed by atoms with Crippen molar-refractivity contribution in [1.82, 2.24) is 15.2 Å². The van der Waals surface area contributed by atoms with Crippen LogP contribution in [-0.2, 0) is 0 Å². The standard InChI is InChI=1S/C12H18N4O/c17-11-13-10(15-16-11)14-12-4-7-1-8(5-12)3-9(2-7)6-12/h7-9H,1-6H2,(H3,13,14,15,16,17). The topological polar surface area (TPSA) is 73.6 Å². The summed E-state index contributed by atoms with van der Waals surface area (Å²) in [5.41, 5.74) is -0.00963. The SMILES string of the molecule is O=c1[nH]nc(NC23CC4CC(CC(C4)C2)C3)[nH]1. The highest BCUT2D eigenvalue weighted by molar-refractivity contribution is 5.30. The molecule has 1 aromatic rings. The van der Waals surface area contributed by atoms with Gasteiger partial charge < -0.3 is 5.32 Å². The van der Waals surface area contributed by atoms with Crippen LogP contribution in [0.1, 0.15) is 38.5 Å². The van der Waals surface area contributed by atoms with Crippen LogP contribution in [0, 0.1) is 17.8 Å². The number of nitrogens with zero attached hydrogens (tertiary/aromatic N) is 1. The summed E-state index contributed by atoms with van der Waals surface area (Å²) in [7, 11) is 0. The molecule has 0 atom stereocenters. The summed E-state index contributed by atoms with van der Waals surface area (Å²) in [4.78, 5) is 13.8. The molecule has 4 bridgehead atoms. The highest BCUT2D eigenvalue weighted by Crippen LogP contribution is 2.56. The van der Waals surface area contributed by atoms with Gasteiger partial charge in [0.2, 0.25) is 5.95 Å². The van der Waals surface area contributed by atoms with Crippen LogP contribution in [-0.4, -0.2) is 20.7 Å². The maximum absolute atomic E-state index is 11.1. The second-order valence-corrected chi connectivity index (χ2v) is 6.35. The smallest absolute Gasteiger partial charge is 0.342 e. The van der Waals surface area contributed by atoms with Crippen molar-refractivity contribution in [2.24, 2.45) is 17.8 Å². The van der Waals surface area contributed by atoms with E-state index in [2.05, 4.69) is 20.5 Å². The lowest BCUT2D eigenvalue weighted by Crippen LogP contribution is -2.55. The van der Waals surface area contributed by atoms with E-state index in [1.165, 1.54) is 38.5 Å². The number of anilines is 1. The lowest BCUT2D eigenvalue weighted by molar-refractivity contribution is 0.0104. The van der Waals surface area contributed by atoms with Crippen LogP contribution in [0.2, 0.25) is 0 Å². The Labute approximate surface area is 99.4 Å². The molecule has 3 N–H and O–H groups in total. The zero-order valence-corrected chi connectivity index (χ0v) is 9.83. The van der Waals surface area contributed by atoms with E-state index >= 15 is 0 Å². The highest BCUT2D eigenvalue weighted by Gasteiger charge is 2.51. The number of H-pyrrole nitrogens is 2. The molecule has 5 rings (SSSR count). The minimum absolute atomic E-state index is 0.215. The van der Waals surface area contributed by atoms with Crippen molar-refractivity contribution in [3.05, 3.63) is 10.5 Å². The van der Waals surface area contributed by atoms with Gasteiger partial charge >= 0.3 is 5.69 Å². The van der Waals surface area contributed by atoms with Crippen LogP contribution < -0.4 is 11.0 Å². The van der Waals surface area contributed by atoms with Gasteiger partial charge in [0.05, 0.1) is 0 Å². The molecule has 5 heteroatoms. The molecule has 4 aliphatic rings. The summed E-state index contributed by atoms with van der Waals surface area (Å²) in [5, 5.41) is 9.92. The molecule has 4 fully saturated rings. The first kappa shape index (κ1) is 9.74. The van der Waals surface area contributed by atoms with Gasteiger partial charge in [-0.3, -0.25) is 4.98 Å². The van der Waals surface area contributed by atoms with E-state index in [0.29, 0.717) is 5.95 Å². The van der Waals surface area contributed by atoms with E-state index < -0.39 is 0 Å².